The molecular weight excluding hydrogens is 248 g/mol. The maximum absolute atomic E-state index is 10.5. The largest absolute Gasteiger partial charge is 0.393 e. The Bertz CT molecular complexity index is 430. The van der Waals surface area contributed by atoms with Crippen LogP contribution in [0.15, 0.2) is 0 Å². The van der Waals surface area contributed by atoms with E-state index in [0.29, 0.717) is 5.92 Å². The van der Waals surface area contributed by atoms with Crippen LogP contribution in [-0.2, 0) is 13.5 Å². The van der Waals surface area contributed by atoms with Crippen LogP contribution in [0.3, 0.4) is 0 Å². The normalized spacial score (nSPS) is 24.9. The zero-order valence-corrected chi connectivity index (χ0v) is 13.5. The number of hydrogen-bond acceptors (Lipinski definition) is 2. The van der Waals surface area contributed by atoms with Gasteiger partial charge in [0.2, 0.25) is 0 Å². The highest BCUT2D eigenvalue weighted by atomic mass is 16.3. The van der Waals surface area contributed by atoms with E-state index in [0.717, 1.165) is 24.5 Å². The molecule has 2 rings (SSSR count). The minimum atomic E-state index is -0.133. The average molecular weight is 278 g/mol. The third-order valence-corrected chi connectivity index (χ3v) is 5.36. The van der Waals surface area contributed by atoms with Gasteiger partial charge in [-0.1, -0.05) is 26.2 Å². The second-order valence-corrected chi connectivity index (χ2v) is 6.57. The van der Waals surface area contributed by atoms with Gasteiger partial charge in [0.05, 0.1) is 11.8 Å². The molecule has 0 aliphatic heterocycles. The van der Waals surface area contributed by atoms with Crippen LogP contribution in [0.25, 0.3) is 0 Å². The smallest absolute Gasteiger partial charge is 0.0628 e. The Labute approximate surface area is 123 Å². The summed E-state index contributed by atoms with van der Waals surface area (Å²) in [5.41, 5.74) is 3.69. The molecule has 0 amide bonds. The number of nitrogens with zero attached hydrogens (tertiary/aromatic N) is 2. The van der Waals surface area contributed by atoms with Crippen LogP contribution in [0.2, 0.25) is 0 Å². The Balaban J connectivity index is 1.85. The molecule has 1 aliphatic rings. The molecule has 0 spiro atoms. The predicted molar refractivity (Wildman–Crippen MR) is 82.7 cm³/mol. The van der Waals surface area contributed by atoms with E-state index < -0.39 is 0 Å². The van der Waals surface area contributed by atoms with E-state index in [9.17, 15) is 5.11 Å². The summed E-state index contributed by atoms with van der Waals surface area (Å²) < 4.78 is 1.95. The molecule has 1 N–H and O–H groups in total. The molecule has 1 unspecified atom stereocenters. The van der Waals surface area contributed by atoms with Crippen molar-refractivity contribution in [3.63, 3.8) is 0 Å². The van der Waals surface area contributed by atoms with Crippen molar-refractivity contribution in [2.24, 2.45) is 18.9 Å². The van der Waals surface area contributed by atoms with Gasteiger partial charge in [-0.25, -0.2) is 0 Å². The van der Waals surface area contributed by atoms with Crippen molar-refractivity contribution >= 4 is 0 Å². The summed E-state index contributed by atoms with van der Waals surface area (Å²) in [7, 11) is 1.99. The van der Waals surface area contributed by atoms with Gasteiger partial charge in [0.1, 0.15) is 0 Å². The van der Waals surface area contributed by atoms with Crippen LogP contribution in [0, 0.1) is 25.7 Å². The van der Waals surface area contributed by atoms with Crippen molar-refractivity contribution in [2.45, 2.75) is 71.8 Å². The summed E-state index contributed by atoms with van der Waals surface area (Å²) in [5, 5.41) is 14.9. The molecule has 0 aromatic carbocycles. The fourth-order valence-electron chi connectivity index (χ4n) is 3.69. The van der Waals surface area contributed by atoms with Crippen LogP contribution in [0.4, 0.5) is 0 Å². The molecule has 3 nitrogen and oxygen atoms in total. The summed E-state index contributed by atoms with van der Waals surface area (Å²) in [6.07, 6.45) is 8.06. The Morgan fingerprint density at radius 2 is 1.90 bits per heavy atom. The quantitative estimate of drug-likeness (QED) is 0.894. The fourth-order valence-corrected chi connectivity index (χ4v) is 3.69. The van der Waals surface area contributed by atoms with Crippen molar-refractivity contribution in [1.82, 2.24) is 9.78 Å². The van der Waals surface area contributed by atoms with E-state index >= 15 is 0 Å². The van der Waals surface area contributed by atoms with Gasteiger partial charge in [-0.2, -0.15) is 5.10 Å². The zero-order chi connectivity index (χ0) is 14.7. The molecule has 20 heavy (non-hydrogen) atoms. The van der Waals surface area contributed by atoms with Gasteiger partial charge in [-0.3, -0.25) is 4.68 Å². The number of aliphatic hydroxyl groups is 1. The third-order valence-electron chi connectivity index (χ3n) is 5.36. The monoisotopic (exact) mass is 278 g/mol. The lowest BCUT2D eigenvalue weighted by molar-refractivity contribution is 0.0666. The Morgan fingerprint density at radius 1 is 1.25 bits per heavy atom. The van der Waals surface area contributed by atoms with Crippen LogP contribution in [-0.4, -0.2) is 21.0 Å². The molecule has 1 aromatic rings. The van der Waals surface area contributed by atoms with Crippen LogP contribution in [0.1, 0.15) is 62.4 Å². The summed E-state index contributed by atoms with van der Waals surface area (Å²) in [6.45, 7) is 6.48. The molecule has 0 radical (unpaired) electrons. The average Bonchev–Trinajstić information content (AvgIpc) is 2.70. The highest BCUT2D eigenvalue weighted by Gasteiger charge is 2.25. The Kier molecular flexibility index (Phi) is 5.25. The van der Waals surface area contributed by atoms with Gasteiger partial charge in [-0.15, -0.1) is 0 Å². The van der Waals surface area contributed by atoms with E-state index in [1.54, 1.807) is 0 Å². The topological polar surface area (TPSA) is 38.1 Å². The molecular formula is C17H30N2O. The van der Waals surface area contributed by atoms with Gasteiger partial charge in [0.15, 0.2) is 0 Å². The molecule has 1 aliphatic carbocycles. The summed E-state index contributed by atoms with van der Waals surface area (Å²) >= 11 is 0. The van der Waals surface area contributed by atoms with Gasteiger partial charge < -0.3 is 5.11 Å². The van der Waals surface area contributed by atoms with E-state index in [4.69, 9.17) is 0 Å². The molecule has 1 fully saturated rings. The fraction of sp³-hybridized carbons (Fsp3) is 0.824. The van der Waals surface area contributed by atoms with Gasteiger partial charge in [-0.05, 0) is 56.9 Å². The van der Waals surface area contributed by atoms with Crippen molar-refractivity contribution in [3.8, 4) is 0 Å². The zero-order valence-electron chi connectivity index (χ0n) is 13.5. The minimum Gasteiger partial charge on any atom is -0.393 e. The number of rotatable bonds is 5. The highest BCUT2D eigenvalue weighted by Crippen LogP contribution is 2.33. The molecule has 3 heteroatoms. The van der Waals surface area contributed by atoms with Crippen molar-refractivity contribution in [1.29, 1.82) is 0 Å². The third kappa shape index (κ3) is 3.43. The molecule has 0 saturated heterocycles. The highest BCUT2D eigenvalue weighted by molar-refractivity contribution is 5.24. The maximum Gasteiger partial charge on any atom is 0.0628 e. The molecule has 1 aromatic heterocycles. The SMILES string of the molecule is CCC1CCC(C(O)CCc2c(C)nn(C)c2C)CC1. The Morgan fingerprint density at radius 3 is 2.40 bits per heavy atom. The number of hydrogen-bond donors (Lipinski definition) is 1. The summed E-state index contributed by atoms with van der Waals surface area (Å²) in [4.78, 5) is 0. The maximum atomic E-state index is 10.5. The first-order valence-corrected chi connectivity index (χ1v) is 8.20. The van der Waals surface area contributed by atoms with Gasteiger partial charge in [0, 0.05) is 12.7 Å². The second kappa shape index (κ2) is 6.75. The lowest BCUT2D eigenvalue weighted by Gasteiger charge is -2.31. The number of aliphatic hydroxyl groups excluding tert-OH is 1. The minimum absolute atomic E-state index is 0.133. The van der Waals surface area contributed by atoms with Crippen molar-refractivity contribution < 1.29 is 5.11 Å². The second-order valence-electron chi connectivity index (χ2n) is 6.57. The van der Waals surface area contributed by atoms with Crippen LogP contribution >= 0.6 is 0 Å². The van der Waals surface area contributed by atoms with Crippen molar-refractivity contribution in [2.75, 3.05) is 0 Å². The van der Waals surface area contributed by atoms with Gasteiger partial charge in [0.25, 0.3) is 0 Å². The molecule has 1 heterocycles. The first kappa shape index (κ1) is 15.6. The molecule has 114 valence electrons. The van der Waals surface area contributed by atoms with E-state index in [2.05, 4.69) is 25.9 Å². The number of aryl methyl sites for hydroxylation is 2. The summed E-state index contributed by atoms with van der Waals surface area (Å²) in [6, 6.07) is 0. The molecule has 0 bridgehead atoms. The lowest BCUT2D eigenvalue weighted by Crippen LogP contribution is -2.26. The van der Waals surface area contributed by atoms with E-state index in [1.807, 2.05) is 11.7 Å². The van der Waals surface area contributed by atoms with Crippen LogP contribution in [0.5, 0.6) is 0 Å². The molecule has 1 atom stereocenters. The standard InChI is InChI=1S/C17H30N2O/c1-5-14-6-8-15(9-7-14)17(20)11-10-16-12(2)18-19(4)13(16)3/h14-15,17,20H,5-11H2,1-4H3. The van der Waals surface area contributed by atoms with Crippen LogP contribution < -0.4 is 0 Å². The van der Waals surface area contributed by atoms with Crippen molar-refractivity contribution in [3.05, 3.63) is 17.0 Å². The first-order chi connectivity index (χ1) is 9.52. The molecule has 1 saturated carbocycles. The van der Waals surface area contributed by atoms with E-state index in [-0.39, 0.29) is 6.10 Å². The first-order valence-electron chi connectivity index (χ1n) is 8.20. The summed E-state index contributed by atoms with van der Waals surface area (Å²) in [5.74, 6) is 1.43. The Hall–Kier alpha value is -0.830. The predicted octanol–water partition coefficient (Wildman–Crippen LogP) is 3.55. The lowest BCUT2D eigenvalue weighted by atomic mass is 9.77. The van der Waals surface area contributed by atoms with Gasteiger partial charge >= 0.3 is 0 Å². The van der Waals surface area contributed by atoms with E-state index in [1.165, 1.54) is 43.4 Å². The number of aromatic nitrogens is 2.